The van der Waals surface area contributed by atoms with Gasteiger partial charge in [0.05, 0.1) is 0 Å². The van der Waals surface area contributed by atoms with Crippen molar-refractivity contribution in [3.63, 3.8) is 0 Å². The second-order valence-corrected chi connectivity index (χ2v) is 2.77. The zero-order chi connectivity index (χ0) is 8.81. The molecule has 1 aromatic carbocycles. The van der Waals surface area contributed by atoms with E-state index in [9.17, 15) is 0 Å². The molecule has 1 heteroatoms. The summed E-state index contributed by atoms with van der Waals surface area (Å²) in [5, 5.41) is 0. The summed E-state index contributed by atoms with van der Waals surface area (Å²) in [7, 11) is 2.04. The molecule has 12 heavy (non-hydrogen) atoms. The molecule has 0 aliphatic rings. The lowest BCUT2D eigenvalue weighted by Gasteiger charge is -1.91. The molecule has 0 radical (unpaired) electrons. The largest absolute Gasteiger partial charge is 0.234 e. The van der Waals surface area contributed by atoms with Crippen molar-refractivity contribution < 1.29 is 4.58 Å². The molecule has 0 aliphatic heterocycles. The molecule has 1 nitrogen and oxygen atoms in total. The smallest absolute Gasteiger partial charge is 0.170 e. The third kappa shape index (κ3) is 2.70. The van der Waals surface area contributed by atoms with E-state index >= 15 is 0 Å². The highest BCUT2D eigenvalue weighted by molar-refractivity contribution is 5.75. The third-order valence-corrected chi connectivity index (χ3v) is 1.59. The maximum Gasteiger partial charge on any atom is 0.170 e. The lowest BCUT2D eigenvalue weighted by Crippen LogP contribution is -2.06. The van der Waals surface area contributed by atoms with Crippen LogP contribution in [-0.2, 0) is 0 Å². The van der Waals surface area contributed by atoms with Gasteiger partial charge in [0.1, 0.15) is 7.05 Å². The Labute approximate surface area is 73.7 Å². The highest BCUT2D eigenvalue weighted by atomic mass is 14.9. The molecule has 0 saturated carbocycles. The molecule has 0 aliphatic carbocycles. The number of benzene rings is 1. The van der Waals surface area contributed by atoms with Crippen LogP contribution in [0.15, 0.2) is 43.0 Å². The minimum Gasteiger partial charge on any atom is -0.234 e. The Morgan fingerprint density at radius 2 is 2.00 bits per heavy atom. The average Bonchev–Trinajstić information content (AvgIpc) is 2.06. The SMILES string of the molecule is C=CC[N+](C)=Cc1ccccc1. The predicted octanol–water partition coefficient (Wildman–Crippen LogP) is 1.93. The highest BCUT2D eigenvalue weighted by Crippen LogP contribution is 1.93. The molecule has 0 saturated heterocycles. The summed E-state index contributed by atoms with van der Waals surface area (Å²) in [4.78, 5) is 0. The zero-order valence-corrected chi connectivity index (χ0v) is 7.40. The lowest BCUT2D eigenvalue weighted by atomic mass is 10.2. The summed E-state index contributed by atoms with van der Waals surface area (Å²) in [5.74, 6) is 0. The van der Waals surface area contributed by atoms with Crippen molar-refractivity contribution in [1.29, 1.82) is 0 Å². The number of hydrogen-bond acceptors (Lipinski definition) is 0. The molecular weight excluding hydrogens is 146 g/mol. The number of nitrogens with zero attached hydrogens (tertiary/aromatic N) is 1. The van der Waals surface area contributed by atoms with Crippen molar-refractivity contribution in [2.45, 2.75) is 0 Å². The van der Waals surface area contributed by atoms with Crippen molar-refractivity contribution in [2.75, 3.05) is 13.6 Å². The summed E-state index contributed by atoms with van der Waals surface area (Å²) >= 11 is 0. The van der Waals surface area contributed by atoms with Gasteiger partial charge in [0.25, 0.3) is 0 Å². The van der Waals surface area contributed by atoms with E-state index in [0.29, 0.717) is 0 Å². The van der Waals surface area contributed by atoms with Gasteiger partial charge < -0.3 is 0 Å². The first-order chi connectivity index (χ1) is 5.83. The van der Waals surface area contributed by atoms with Gasteiger partial charge in [-0.1, -0.05) is 24.8 Å². The van der Waals surface area contributed by atoms with E-state index < -0.39 is 0 Å². The first kappa shape index (κ1) is 8.72. The lowest BCUT2D eigenvalue weighted by molar-refractivity contribution is -0.480. The van der Waals surface area contributed by atoms with Gasteiger partial charge in [-0.2, -0.15) is 0 Å². The van der Waals surface area contributed by atoms with Gasteiger partial charge in [-0.25, -0.2) is 4.58 Å². The maximum atomic E-state index is 3.68. The van der Waals surface area contributed by atoms with Crippen molar-refractivity contribution >= 4 is 6.21 Å². The van der Waals surface area contributed by atoms with Gasteiger partial charge in [-0.15, -0.1) is 0 Å². The first-order valence-corrected chi connectivity index (χ1v) is 4.04. The molecule has 0 amide bonds. The number of hydrogen-bond donors (Lipinski definition) is 0. The topological polar surface area (TPSA) is 3.01 Å². The second-order valence-electron chi connectivity index (χ2n) is 2.77. The Morgan fingerprint density at radius 3 is 2.58 bits per heavy atom. The van der Waals surface area contributed by atoms with Crippen LogP contribution in [0, 0.1) is 0 Å². The predicted molar refractivity (Wildman–Crippen MR) is 52.9 cm³/mol. The summed E-state index contributed by atoms with van der Waals surface area (Å²) in [6.45, 7) is 4.56. The minimum atomic E-state index is 0.884. The van der Waals surface area contributed by atoms with E-state index in [0.717, 1.165) is 6.54 Å². The normalized spacial score (nSPS) is 11.2. The molecule has 0 N–H and O–H groups in total. The number of rotatable bonds is 3. The van der Waals surface area contributed by atoms with Crippen LogP contribution in [0.3, 0.4) is 0 Å². The highest BCUT2D eigenvalue weighted by Gasteiger charge is 1.92. The Morgan fingerprint density at radius 1 is 1.33 bits per heavy atom. The van der Waals surface area contributed by atoms with Crippen LogP contribution < -0.4 is 0 Å². The van der Waals surface area contributed by atoms with E-state index in [-0.39, 0.29) is 0 Å². The van der Waals surface area contributed by atoms with Crippen LogP contribution in [0.1, 0.15) is 5.56 Å². The fourth-order valence-electron chi connectivity index (χ4n) is 1.05. The van der Waals surface area contributed by atoms with E-state index in [4.69, 9.17) is 0 Å². The molecule has 0 spiro atoms. The molecular formula is C11H14N+. The number of likely N-dealkylation sites (N-methyl/N-ethyl adjacent to an activating group) is 1. The van der Waals surface area contributed by atoms with Crippen LogP contribution in [0.5, 0.6) is 0 Å². The van der Waals surface area contributed by atoms with Crippen molar-refractivity contribution in [1.82, 2.24) is 0 Å². The molecule has 1 rings (SSSR count). The van der Waals surface area contributed by atoms with Crippen LogP contribution in [0.4, 0.5) is 0 Å². The molecule has 0 unspecified atom stereocenters. The third-order valence-electron chi connectivity index (χ3n) is 1.59. The van der Waals surface area contributed by atoms with Crippen molar-refractivity contribution in [2.24, 2.45) is 0 Å². The minimum absolute atomic E-state index is 0.884. The summed E-state index contributed by atoms with van der Waals surface area (Å²) in [6, 6.07) is 10.3. The maximum absolute atomic E-state index is 3.68. The molecule has 0 bridgehead atoms. The zero-order valence-electron chi connectivity index (χ0n) is 7.40. The van der Waals surface area contributed by atoms with Crippen LogP contribution in [0.25, 0.3) is 0 Å². The van der Waals surface area contributed by atoms with Crippen molar-refractivity contribution in [3.05, 3.63) is 48.6 Å². The molecule has 0 heterocycles. The summed E-state index contributed by atoms with van der Waals surface area (Å²) in [5.41, 5.74) is 1.22. The van der Waals surface area contributed by atoms with E-state index in [2.05, 4.69) is 29.5 Å². The summed E-state index contributed by atoms with van der Waals surface area (Å²) < 4.78 is 2.10. The average molecular weight is 160 g/mol. The van der Waals surface area contributed by atoms with Gasteiger partial charge in [0, 0.05) is 5.56 Å². The van der Waals surface area contributed by atoms with E-state index in [1.54, 1.807) is 0 Å². The first-order valence-electron chi connectivity index (χ1n) is 4.04. The Hall–Kier alpha value is -1.37. The second kappa shape index (κ2) is 4.50. The summed E-state index contributed by atoms with van der Waals surface area (Å²) in [6.07, 6.45) is 3.99. The Kier molecular flexibility index (Phi) is 3.27. The van der Waals surface area contributed by atoms with Crippen LogP contribution in [-0.4, -0.2) is 24.4 Å². The molecule has 0 fully saturated rings. The molecule has 62 valence electrons. The van der Waals surface area contributed by atoms with Crippen molar-refractivity contribution in [3.8, 4) is 0 Å². The molecule has 0 atom stereocenters. The van der Waals surface area contributed by atoms with E-state index in [1.165, 1.54) is 5.56 Å². The molecule has 1 aromatic rings. The molecule has 0 aromatic heterocycles. The van der Waals surface area contributed by atoms with Gasteiger partial charge in [0.15, 0.2) is 12.8 Å². The van der Waals surface area contributed by atoms with Gasteiger partial charge in [-0.05, 0) is 18.2 Å². The van der Waals surface area contributed by atoms with Gasteiger partial charge >= 0.3 is 0 Å². The van der Waals surface area contributed by atoms with Gasteiger partial charge in [0.2, 0.25) is 0 Å². The monoisotopic (exact) mass is 160 g/mol. The Bertz CT molecular complexity index is 272. The fraction of sp³-hybridized carbons (Fsp3) is 0.182. The Balaban J connectivity index is 2.74. The van der Waals surface area contributed by atoms with Gasteiger partial charge in [-0.3, -0.25) is 0 Å². The quantitative estimate of drug-likeness (QED) is 0.361. The fourth-order valence-corrected chi connectivity index (χ4v) is 1.05. The van der Waals surface area contributed by atoms with Crippen LogP contribution >= 0.6 is 0 Å². The standard InChI is InChI=1S/C11H14N/c1-3-9-12(2)10-11-7-5-4-6-8-11/h3-8,10H,1,9H2,2H3/q+1. The van der Waals surface area contributed by atoms with Crippen LogP contribution in [0.2, 0.25) is 0 Å². The van der Waals surface area contributed by atoms with E-state index in [1.807, 2.05) is 31.3 Å².